The van der Waals surface area contributed by atoms with E-state index in [-0.39, 0.29) is 5.82 Å². The molecule has 2 rings (SSSR count). The summed E-state index contributed by atoms with van der Waals surface area (Å²) in [7, 11) is 0. The smallest absolute Gasteiger partial charge is 0.131 e. The normalized spacial score (nSPS) is 15.6. The van der Waals surface area contributed by atoms with Crippen LogP contribution in [0.15, 0.2) is 29.8 Å². The molecule has 2 nitrogen and oxygen atoms in total. The van der Waals surface area contributed by atoms with Crippen LogP contribution in [0.5, 0.6) is 0 Å². The molecule has 3 heteroatoms. The van der Waals surface area contributed by atoms with Crippen molar-refractivity contribution >= 4 is 5.57 Å². The van der Waals surface area contributed by atoms with Gasteiger partial charge in [0.05, 0.1) is 11.6 Å². The number of hydrogen-bond donors (Lipinski definition) is 1. The average Bonchev–Trinajstić information content (AvgIpc) is 2.34. The maximum Gasteiger partial charge on any atom is 0.131 e. The van der Waals surface area contributed by atoms with Gasteiger partial charge in [-0.25, -0.2) is 4.39 Å². The Morgan fingerprint density at radius 2 is 1.94 bits per heavy atom. The number of hydrogen-bond acceptors (Lipinski definition) is 2. The predicted molar refractivity (Wildman–Crippen MR) is 61.0 cm³/mol. The van der Waals surface area contributed by atoms with Crippen LogP contribution in [0.2, 0.25) is 0 Å². The van der Waals surface area contributed by atoms with E-state index >= 15 is 0 Å². The molecule has 1 N–H and O–H groups in total. The molecule has 0 radical (unpaired) electrons. The van der Waals surface area contributed by atoms with Gasteiger partial charge < -0.3 is 5.32 Å². The van der Waals surface area contributed by atoms with Crippen LogP contribution in [0.1, 0.15) is 18.4 Å². The van der Waals surface area contributed by atoms with Crippen LogP contribution < -0.4 is 5.32 Å². The molecule has 0 spiro atoms. The summed E-state index contributed by atoms with van der Waals surface area (Å²) in [6.45, 7) is 1.74. The van der Waals surface area contributed by atoms with Crippen LogP contribution in [0.3, 0.4) is 0 Å². The SMILES string of the molecule is N#CC(=C1CCNCC1)c1ccccc1F. The zero-order valence-corrected chi connectivity index (χ0v) is 8.96. The number of benzene rings is 1. The Kier molecular flexibility index (Phi) is 3.33. The van der Waals surface area contributed by atoms with Crippen LogP contribution >= 0.6 is 0 Å². The third-order valence-electron chi connectivity index (χ3n) is 2.82. The zero-order valence-electron chi connectivity index (χ0n) is 8.96. The standard InChI is InChI=1S/C13H13FN2/c14-13-4-2-1-3-11(13)12(9-15)10-5-7-16-8-6-10/h1-4,16H,5-8H2. The molecule has 0 saturated carbocycles. The molecule has 16 heavy (non-hydrogen) atoms. The second-order valence-corrected chi connectivity index (χ2v) is 3.82. The van der Waals surface area contributed by atoms with E-state index in [1.54, 1.807) is 18.2 Å². The average molecular weight is 216 g/mol. The minimum absolute atomic E-state index is 0.315. The summed E-state index contributed by atoms with van der Waals surface area (Å²) in [5, 5.41) is 12.4. The summed E-state index contributed by atoms with van der Waals surface area (Å²) in [4.78, 5) is 0. The van der Waals surface area contributed by atoms with Crippen LogP contribution in [0.4, 0.5) is 4.39 Å². The molecule has 1 fully saturated rings. The lowest BCUT2D eigenvalue weighted by atomic mass is 9.94. The van der Waals surface area contributed by atoms with Crippen molar-refractivity contribution in [2.24, 2.45) is 0 Å². The first-order valence-electron chi connectivity index (χ1n) is 5.40. The molecule has 1 aliphatic rings. The maximum absolute atomic E-state index is 13.6. The van der Waals surface area contributed by atoms with Crippen molar-refractivity contribution in [3.8, 4) is 6.07 Å². The van der Waals surface area contributed by atoms with Gasteiger partial charge >= 0.3 is 0 Å². The monoisotopic (exact) mass is 216 g/mol. The van der Waals surface area contributed by atoms with Gasteiger partial charge in [-0.2, -0.15) is 5.26 Å². The first-order valence-corrected chi connectivity index (χ1v) is 5.40. The van der Waals surface area contributed by atoms with Crippen LogP contribution in [0.25, 0.3) is 5.57 Å². The quantitative estimate of drug-likeness (QED) is 0.732. The first-order chi connectivity index (χ1) is 7.83. The molecule has 0 aromatic heterocycles. The maximum atomic E-state index is 13.6. The minimum atomic E-state index is -0.315. The highest BCUT2D eigenvalue weighted by atomic mass is 19.1. The van der Waals surface area contributed by atoms with Crippen molar-refractivity contribution in [1.29, 1.82) is 5.26 Å². The summed E-state index contributed by atoms with van der Waals surface area (Å²) < 4.78 is 13.6. The number of allylic oxidation sites excluding steroid dienone is 1. The van der Waals surface area contributed by atoms with Gasteiger partial charge in [-0.1, -0.05) is 18.2 Å². The minimum Gasteiger partial charge on any atom is -0.316 e. The van der Waals surface area contributed by atoms with E-state index in [1.165, 1.54) is 6.07 Å². The Bertz CT molecular complexity index is 449. The molecule has 0 unspecified atom stereocenters. The van der Waals surface area contributed by atoms with Crippen molar-refractivity contribution in [2.45, 2.75) is 12.8 Å². The Hall–Kier alpha value is -1.66. The molecule has 1 saturated heterocycles. The Morgan fingerprint density at radius 3 is 2.56 bits per heavy atom. The van der Waals surface area contributed by atoms with E-state index in [1.807, 2.05) is 0 Å². The molecule has 0 atom stereocenters. The fourth-order valence-electron chi connectivity index (χ4n) is 1.97. The number of rotatable bonds is 1. The number of piperidine rings is 1. The molecule has 0 amide bonds. The largest absolute Gasteiger partial charge is 0.316 e. The van der Waals surface area contributed by atoms with Gasteiger partial charge in [-0.05, 0) is 37.6 Å². The number of halogens is 1. The summed E-state index contributed by atoms with van der Waals surface area (Å²) in [6.07, 6.45) is 1.66. The lowest BCUT2D eigenvalue weighted by Gasteiger charge is -2.17. The van der Waals surface area contributed by atoms with E-state index in [0.29, 0.717) is 11.1 Å². The lowest BCUT2D eigenvalue weighted by Crippen LogP contribution is -2.23. The van der Waals surface area contributed by atoms with E-state index < -0.39 is 0 Å². The topological polar surface area (TPSA) is 35.8 Å². The summed E-state index contributed by atoms with van der Waals surface area (Å²) in [5.41, 5.74) is 2.01. The van der Waals surface area contributed by atoms with Gasteiger partial charge in [0.25, 0.3) is 0 Å². The van der Waals surface area contributed by atoms with Crippen molar-refractivity contribution < 1.29 is 4.39 Å². The fraction of sp³-hybridized carbons (Fsp3) is 0.308. The van der Waals surface area contributed by atoms with Gasteiger partial charge in [-0.3, -0.25) is 0 Å². The van der Waals surface area contributed by atoms with Crippen LogP contribution in [-0.4, -0.2) is 13.1 Å². The second-order valence-electron chi connectivity index (χ2n) is 3.82. The number of nitrogens with one attached hydrogen (secondary N) is 1. The highest BCUT2D eigenvalue weighted by Gasteiger charge is 2.14. The van der Waals surface area contributed by atoms with Crippen LogP contribution in [-0.2, 0) is 0 Å². The molecular weight excluding hydrogens is 203 g/mol. The van der Waals surface area contributed by atoms with Crippen molar-refractivity contribution in [1.82, 2.24) is 5.32 Å². The highest BCUT2D eigenvalue weighted by Crippen LogP contribution is 2.25. The zero-order chi connectivity index (χ0) is 11.4. The second kappa shape index (κ2) is 4.91. The third-order valence-corrected chi connectivity index (χ3v) is 2.82. The number of nitriles is 1. The molecule has 0 aliphatic carbocycles. The van der Waals surface area contributed by atoms with Gasteiger partial charge in [0, 0.05) is 5.56 Å². The lowest BCUT2D eigenvalue weighted by molar-refractivity contribution is 0.608. The van der Waals surface area contributed by atoms with E-state index in [2.05, 4.69) is 11.4 Å². The molecule has 82 valence electrons. The van der Waals surface area contributed by atoms with Gasteiger partial charge in [0.2, 0.25) is 0 Å². The van der Waals surface area contributed by atoms with Gasteiger partial charge in [0.1, 0.15) is 5.82 Å². The highest BCUT2D eigenvalue weighted by molar-refractivity contribution is 5.79. The Labute approximate surface area is 94.4 Å². The summed E-state index contributed by atoms with van der Waals surface area (Å²) >= 11 is 0. The van der Waals surface area contributed by atoms with Crippen molar-refractivity contribution in [2.75, 3.05) is 13.1 Å². The molecule has 0 bridgehead atoms. The fourth-order valence-corrected chi connectivity index (χ4v) is 1.97. The summed E-state index contributed by atoms with van der Waals surface area (Å²) in [6, 6.07) is 8.61. The Balaban J connectivity index is 2.43. The number of nitrogens with zero attached hydrogens (tertiary/aromatic N) is 1. The first kappa shape index (κ1) is 10.8. The van der Waals surface area contributed by atoms with Gasteiger partial charge in [-0.15, -0.1) is 0 Å². The molecular formula is C13H13FN2. The molecule has 1 aromatic carbocycles. The molecule has 1 heterocycles. The van der Waals surface area contributed by atoms with E-state index in [9.17, 15) is 4.39 Å². The summed E-state index contributed by atoms with van der Waals surface area (Å²) in [5.74, 6) is -0.315. The van der Waals surface area contributed by atoms with Crippen LogP contribution in [0, 0.1) is 17.1 Å². The predicted octanol–water partition coefficient (Wildman–Crippen LogP) is 2.49. The van der Waals surface area contributed by atoms with Crippen molar-refractivity contribution in [3.05, 3.63) is 41.2 Å². The van der Waals surface area contributed by atoms with E-state index in [4.69, 9.17) is 5.26 Å². The van der Waals surface area contributed by atoms with Gasteiger partial charge in [0.15, 0.2) is 0 Å². The van der Waals surface area contributed by atoms with E-state index in [0.717, 1.165) is 31.5 Å². The van der Waals surface area contributed by atoms with Crippen molar-refractivity contribution in [3.63, 3.8) is 0 Å². The third kappa shape index (κ3) is 2.12. The molecule has 1 aromatic rings. The Morgan fingerprint density at radius 1 is 1.25 bits per heavy atom. The molecule has 1 aliphatic heterocycles.